The molecule has 1 amide bonds. The van der Waals surface area contributed by atoms with Crippen molar-refractivity contribution in [1.82, 2.24) is 0 Å². The summed E-state index contributed by atoms with van der Waals surface area (Å²) in [5, 5.41) is 2.74. The van der Waals surface area contributed by atoms with E-state index in [2.05, 4.69) is 10.3 Å². The van der Waals surface area contributed by atoms with Gasteiger partial charge in [0.05, 0.1) is 11.4 Å². The van der Waals surface area contributed by atoms with Crippen molar-refractivity contribution in [2.24, 2.45) is 4.99 Å². The number of halogens is 1. The summed E-state index contributed by atoms with van der Waals surface area (Å²) in [4.78, 5) is 16.0. The second kappa shape index (κ2) is 4.89. The lowest BCUT2D eigenvalue weighted by Crippen LogP contribution is -2.13. The van der Waals surface area contributed by atoms with Crippen molar-refractivity contribution in [2.75, 3.05) is 11.9 Å². The first-order chi connectivity index (χ1) is 9.63. The van der Waals surface area contributed by atoms with Crippen LogP contribution in [0.1, 0.15) is 16.7 Å². The zero-order valence-electron chi connectivity index (χ0n) is 11.0. The molecule has 1 aliphatic heterocycles. The summed E-state index contributed by atoms with van der Waals surface area (Å²) in [6, 6.07) is 12.1. The number of aliphatic imine (C=N–C) groups is 1. The molecule has 0 fully saturated rings. The number of rotatable bonds is 1. The molecule has 0 spiro atoms. The van der Waals surface area contributed by atoms with Crippen LogP contribution in [0.25, 0.3) is 0 Å². The van der Waals surface area contributed by atoms with Crippen LogP contribution >= 0.6 is 0 Å². The fourth-order valence-corrected chi connectivity index (χ4v) is 2.21. The maximum absolute atomic E-state index is 13.5. The maximum atomic E-state index is 13.5. The molecule has 20 heavy (non-hydrogen) atoms. The van der Waals surface area contributed by atoms with Crippen LogP contribution in [-0.4, -0.2) is 18.2 Å². The van der Waals surface area contributed by atoms with Gasteiger partial charge < -0.3 is 5.32 Å². The van der Waals surface area contributed by atoms with Gasteiger partial charge in [-0.15, -0.1) is 0 Å². The highest BCUT2D eigenvalue weighted by Gasteiger charge is 2.18. The number of nitrogens with one attached hydrogen (secondary N) is 1. The average molecular weight is 267 g/mol. The SMILES string of the molecule is Cc1ccc(C2=NCC(=O)Nc3ccc([18F])cc32)cc1. The average Bonchev–Trinajstić information content (AvgIpc) is 2.58. The van der Waals surface area contributed by atoms with E-state index in [0.717, 1.165) is 11.1 Å². The molecule has 0 unspecified atom stereocenters. The van der Waals surface area contributed by atoms with E-state index in [4.69, 9.17) is 0 Å². The number of benzodiazepines with no additional fused rings is 1. The molecular formula is C16H13FN2O. The van der Waals surface area contributed by atoms with Crippen LogP contribution in [0.2, 0.25) is 0 Å². The lowest BCUT2D eigenvalue weighted by atomic mass is 9.99. The van der Waals surface area contributed by atoms with Crippen molar-refractivity contribution in [3.8, 4) is 0 Å². The molecule has 2 aromatic carbocycles. The van der Waals surface area contributed by atoms with Crippen molar-refractivity contribution in [3.63, 3.8) is 0 Å². The van der Waals surface area contributed by atoms with Gasteiger partial charge in [-0.3, -0.25) is 9.79 Å². The van der Waals surface area contributed by atoms with Crippen molar-refractivity contribution < 1.29 is 9.18 Å². The highest BCUT2D eigenvalue weighted by Crippen LogP contribution is 2.23. The van der Waals surface area contributed by atoms with E-state index < -0.39 is 0 Å². The number of hydrogen-bond donors (Lipinski definition) is 1. The molecule has 0 bridgehead atoms. The van der Waals surface area contributed by atoms with E-state index in [0.29, 0.717) is 17.0 Å². The Labute approximate surface area is 116 Å². The number of aryl methyl sites for hydroxylation is 1. The molecule has 2 aromatic rings. The summed E-state index contributed by atoms with van der Waals surface area (Å²) in [6.45, 7) is 2.04. The molecule has 3 rings (SSSR count). The van der Waals surface area contributed by atoms with Crippen molar-refractivity contribution in [3.05, 3.63) is 65.0 Å². The Morgan fingerprint density at radius 1 is 1.15 bits per heavy atom. The fraction of sp³-hybridized carbons (Fsp3) is 0.125. The summed E-state index contributed by atoms with van der Waals surface area (Å²) < 4.78 is 13.5. The third-order valence-electron chi connectivity index (χ3n) is 3.22. The molecule has 100 valence electrons. The smallest absolute Gasteiger partial charge is 0.246 e. The lowest BCUT2D eigenvalue weighted by Gasteiger charge is -2.10. The number of carbonyl (C=O) groups is 1. The van der Waals surface area contributed by atoms with E-state index in [1.807, 2.05) is 31.2 Å². The molecule has 4 heteroatoms. The van der Waals surface area contributed by atoms with Crippen LogP contribution < -0.4 is 5.32 Å². The summed E-state index contributed by atoms with van der Waals surface area (Å²) in [7, 11) is 0. The standard InChI is InChI=1S/C16H13FN2O/c1-10-2-4-11(5-3-10)16-13-8-12(17)6-7-14(13)19-15(20)9-18-16/h2-8H,9H2,1H3,(H,19,20)/i17-1. The Bertz CT molecular complexity index is 705. The van der Waals surface area contributed by atoms with E-state index >= 15 is 0 Å². The van der Waals surface area contributed by atoms with E-state index in [1.54, 1.807) is 6.07 Å². The van der Waals surface area contributed by atoms with Gasteiger partial charge in [0.1, 0.15) is 12.4 Å². The zero-order chi connectivity index (χ0) is 14.1. The number of anilines is 1. The Balaban J connectivity index is 2.17. The van der Waals surface area contributed by atoms with Crippen LogP contribution in [0.15, 0.2) is 47.5 Å². The minimum absolute atomic E-state index is 0.0412. The molecule has 1 heterocycles. The van der Waals surface area contributed by atoms with E-state index in [9.17, 15) is 9.18 Å². The van der Waals surface area contributed by atoms with Gasteiger partial charge in [0.25, 0.3) is 0 Å². The first-order valence-corrected chi connectivity index (χ1v) is 6.35. The van der Waals surface area contributed by atoms with Crippen LogP contribution in [0.4, 0.5) is 10.1 Å². The largest absolute Gasteiger partial charge is 0.324 e. The van der Waals surface area contributed by atoms with Gasteiger partial charge in [0.2, 0.25) is 5.91 Å². The minimum atomic E-state index is -0.347. The number of nitrogens with zero attached hydrogens (tertiary/aromatic N) is 1. The second-order valence-corrected chi connectivity index (χ2v) is 4.77. The zero-order valence-corrected chi connectivity index (χ0v) is 11.0. The Morgan fingerprint density at radius 3 is 2.65 bits per heavy atom. The number of benzene rings is 2. The summed E-state index contributed by atoms with van der Waals surface area (Å²) >= 11 is 0. The van der Waals surface area contributed by atoms with Gasteiger partial charge in [-0.2, -0.15) is 0 Å². The fourth-order valence-electron chi connectivity index (χ4n) is 2.21. The van der Waals surface area contributed by atoms with E-state index in [-0.39, 0.29) is 18.3 Å². The number of carbonyl (C=O) groups excluding carboxylic acids is 1. The quantitative estimate of drug-likeness (QED) is 0.848. The van der Waals surface area contributed by atoms with E-state index in [1.165, 1.54) is 12.1 Å². The maximum Gasteiger partial charge on any atom is 0.246 e. The number of hydrogen-bond acceptors (Lipinski definition) is 2. The van der Waals surface area contributed by atoms with Crippen molar-refractivity contribution in [2.45, 2.75) is 6.92 Å². The van der Waals surface area contributed by atoms with Crippen LogP contribution in [0, 0.1) is 12.7 Å². The third kappa shape index (κ3) is 2.32. The first-order valence-electron chi connectivity index (χ1n) is 6.35. The molecule has 0 saturated carbocycles. The first kappa shape index (κ1) is 12.5. The number of fused-ring (bicyclic) bond motifs is 1. The number of amides is 1. The summed E-state index contributed by atoms with van der Waals surface area (Å²) in [6.07, 6.45) is 0. The Morgan fingerprint density at radius 2 is 1.90 bits per heavy atom. The molecule has 3 nitrogen and oxygen atoms in total. The van der Waals surface area contributed by atoms with Gasteiger partial charge in [0, 0.05) is 11.1 Å². The topological polar surface area (TPSA) is 41.5 Å². The highest BCUT2D eigenvalue weighted by molar-refractivity contribution is 6.19. The molecule has 1 aliphatic rings. The molecular weight excluding hydrogens is 254 g/mol. The Kier molecular flexibility index (Phi) is 3.06. The summed E-state index contributed by atoms with van der Waals surface area (Å²) in [5.74, 6) is -0.542. The molecule has 0 radical (unpaired) electrons. The van der Waals surface area contributed by atoms with Crippen LogP contribution in [0.3, 0.4) is 0 Å². The van der Waals surface area contributed by atoms with Gasteiger partial charge in [-0.1, -0.05) is 29.8 Å². The third-order valence-corrected chi connectivity index (χ3v) is 3.22. The van der Waals surface area contributed by atoms with Gasteiger partial charge >= 0.3 is 0 Å². The highest BCUT2D eigenvalue weighted by atomic mass is 18.2. The van der Waals surface area contributed by atoms with Crippen molar-refractivity contribution in [1.29, 1.82) is 0 Å². The predicted octanol–water partition coefficient (Wildman–Crippen LogP) is 2.92. The second-order valence-electron chi connectivity index (χ2n) is 4.77. The molecule has 0 atom stereocenters. The minimum Gasteiger partial charge on any atom is -0.324 e. The molecule has 0 saturated heterocycles. The van der Waals surface area contributed by atoms with Gasteiger partial charge in [0.15, 0.2) is 0 Å². The summed E-state index contributed by atoms with van der Waals surface area (Å²) in [5.41, 5.74) is 3.85. The molecule has 1 N–H and O–H groups in total. The monoisotopic (exact) mass is 267 g/mol. The van der Waals surface area contributed by atoms with Gasteiger partial charge in [-0.25, -0.2) is 4.39 Å². The normalized spacial score (nSPS) is 14.1. The Hall–Kier alpha value is -2.49. The van der Waals surface area contributed by atoms with Crippen molar-refractivity contribution >= 4 is 17.3 Å². The predicted molar refractivity (Wildman–Crippen MR) is 76.7 cm³/mol. The lowest BCUT2D eigenvalue weighted by molar-refractivity contribution is -0.114. The molecule has 0 aliphatic carbocycles. The van der Waals surface area contributed by atoms with Gasteiger partial charge in [-0.05, 0) is 25.1 Å². The molecule has 0 aromatic heterocycles. The van der Waals surface area contributed by atoms with Crippen LogP contribution in [0.5, 0.6) is 0 Å². The van der Waals surface area contributed by atoms with Crippen LogP contribution in [-0.2, 0) is 4.79 Å².